The highest BCUT2D eigenvalue weighted by atomic mass is 35.5. The van der Waals surface area contributed by atoms with Crippen LogP contribution in [0.1, 0.15) is 27.0 Å². The van der Waals surface area contributed by atoms with Crippen molar-refractivity contribution < 1.29 is 14.4 Å². The van der Waals surface area contributed by atoms with Crippen LogP contribution in [0.2, 0.25) is 5.02 Å². The number of hydrogen-bond acceptors (Lipinski definition) is 4. The molecular formula is C14H12ClN3O3S. The van der Waals surface area contributed by atoms with E-state index in [2.05, 4.69) is 10.6 Å². The summed E-state index contributed by atoms with van der Waals surface area (Å²) in [5.74, 6) is -1.29. The van der Waals surface area contributed by atoms with Crippen LogP contribution in [0.4, 0.5) is 11.4 Å². The van der Waals surface area contributed by atoms with Gasteiger partial charge in [0.15, 0.2) is 0 Å². The molecule has 2 aromatic rings. The van der Waals surface area contributed by atoms with Gasteiger partial charge in [-0.25, -0.2) is 0 Å². The molecule has 2 rings (SSSR count). The first-order chi connectivity index (χ1) is 10.4. The van der Waals surface area contributed by atoms with Crippen LogP contribution in [0.25, 0.3) is 0 Å². The summed E-state index contributed by atoms with van der Waals surface area (Å²) in [6.07, 6.45) is 0. The van der Waals surface area contributed by atoms with Crippen molar-refractivity contribution in [2.45, 2.75) is 6.92 Å². The van der Waals surface area contributed by atoms with Gasteiger partial charge < -0.3 is 16.4 Å². The Balaban J connectivity index is 2.23. The molecule has 0 aliphatic heterocycles. The predicted molar refractivity (Wildman–Crippen MR) is 86.5 cm³/mol. The summed E-state index contributed by atoms with van der Waals surface area (Å²) in [6, 6.07) is 6.11. The molecular weight excluding hydrogens is 326 g/mol. The van der Waals surface area contributed by atoms with Crippen LogP contribution < -0.4 is 16.4 Å². The number of thiophene rings is 1. The summed E-state index contributed by atoms with van der Waals surface area (Å²) in [5, 5.41) is 7.18. The second-order valence-corrected chi connectivity index (χ2v) is 5.74. The summed E-state index contributed by atoms with van der Waals surface area (Å²) in [5.41, 5.74) is 6.21. The summed E-state index contributed by atoms with van der Waals surface area (Å²) >= 11 is 6.98. The van der Waals surface area contributed by atoms with Gasteiger partial charge >= 0.3 is 0 Å². The van der Waals surface area contributed by atoms with E-state index < -0.39 is 11.8 Å². The van der Waals surface area contributed by atoms with Crippen molar-refractivity contribution in [1.29, 1.82) is 0 Å². The zero-order valence-corrected chi connectivity index (χ0v) is 13.0. The summed E-state index contributed by atoms with van der Waals surface area (Å²) < 4.78 is 0. The van der Waals surface area contributed by atoms with E-state index in [-0.39, 0.29) is 11.5 Å². The lowest BCUT2D eigenvalue weighted by Gasteiger charge is -2.11. The first kappa shape index (κ1) is 16.0. The van der Waals surface area contributed by atoms with Gasteiger partial charge in [-0.15, -0.1) is 11.3 Å². The molecule has 6 nitrogen and oxygen atoms in total. The van der Waals surface area contributed by atoms with Crippen LogP contribution >= 0.6 is 22.9 Å². The molecule has 0 atom stereocenters. The van der Waals surface area contributed by atoms with Crippen LogP contribution in [-0.2, 0) is 4.79 Å². The van der Waals surface area contributed by atoms with Gasteiger partial charge in [-0.2, -0.15) is 0 Å². The molecule has 22 heavy (non-hydrogen) atoms. The highest BCUT2D eigenvalue weighted by Crippen LogP contribution is 2.27. The molecule has 3 amide bonds. The van der Waals surface area contributed by atoms with E-state index in [9.17, 15) is 14.4 Å². The van der Waals surface area contributed by atoms with E-state index in [1.165, 1.54) is 24.4 Å². The SMILES string of the molecule is CC(=O)Nc1cc(Cl)ccc1NC(=O)c1cc(C(N)=O)cs1. The highest BCUT2D eigenvalue weighted by molar-refractivity contribution is 7.12. The van der Waals surface area contributed by atoms with Gasteiger partial charge in [0.1, 0.15) is 0 Å². The monoisotopic (exact) mass is 337 g/mol. The smallest absolute Gasteiger partial charge is 0.265 e. The molecule has 4 N–H and O–H groups in total. The number of carbonyl (C=O) groups is 3. The van der Waals surface area contributed by atoms with Gasteiger partial charge in [-0.3, -0.25) is 14.4 Å². The molecule has 0 saturated heterocycles. The van der Waals surface area contributed by atoms with Crippen molar-refractivity contribution in [2.75, 3.05) is 10.6 Å². The molecule has 1 heterocycles. The molecule has 8 heteroatoms. The van der Waals surface area contributed by atoms with E-state index in [1.807, 2.05) is 0 Å². The number of nitrogens with one attached hydrogen (secondary N) is 2. The maximum atomic E-state index is 12.2. The second-order valence-electron chi connectivity index (χ2n) is 4.39. The average molecular weight is 338 g/mol. The third kappa shape index (κ3) is 3.84. The topological polar surface area (TPSA) is 101 Å². The second kappa shape index (κ2) is 6.59. The van der Waals surface area contributed by atoms with Gasteiger partial charge in [-0.05, 0) is 24.3 Å². The van der Waals surface area contributed by atoms with Gasteiger partial charge in [0.2, 0.25) is 11.8 Å². The first-order valence-electron chi connectivity index (χ1n) is 6.13. The highest BCUT2D eigenvalue weighted by Gasteiger charge is 2.14. The third-order valence-corrected chi connectivity index (χ3v) is 3.81. The molecule has 1 aromatic heterocycles. The molecule has 0 unspecified atom stereocenters. The van der Waals surface area contributed by atoms with Crippen molar-refractivity contribution in [1.82, 2.24) is 0 Å². The van der Waals surface area contributed by atoms with Crippen molar-refractivity contribution in [2.24, 2.45) is 5.73 Å². The zero-order chi connectivity index (χ0) is 16.3. The number of anilines is 2. The zero-order valence-electron chi connectivity index (χ0n) is 11.5. The normalized spacial score (nSPS) is 10.1. The summed E-state index contributed by atoms with van der Waals surface area (Å²) in [4.78, 5) is 34.7. The standard InChI is InChI=1S/C14H12ClN3O3S/c1-7(19)17-11-5-9(15)2-3-10(11)18-14(21)12-4-8(6-22-12)13(16)20/h2-6H,1H3,(H2,16,20)(H,17,19)(H,18,21). The number of nitrogens with two attached hydrogens (primary N) is 1. The van der Waals surface area contributed by atoms with E-state index in [0.717, 1.165) is 11.3 Å². The largest absolute Gasteiger partial charge is 0.366 e. The van der Waals surface area contributed by atoms with Gasteiger partial charge in [0.25, 0.3) is 5.91 Å². The third-order valence-electron chi connectivity index (χ3n) is 2.65. The fourth-order valence-electron chi connectivity index (χ4n) is 1.69. The van der Waals surface area contributed by atoms with E-state index in [0.29, 0.717) is 21.3 Å². The Hall–Kier alpha value is -2.38. The molecule has 1 aromatic carbocycles. The quantitative estimate of drug-likeness (QED) is 0.799. The maximum absolute atomic E-state index is 12.2. The van der Waals surface area contributed by atoms with Gasteiger partial charge in [-0.1, -0.05) is 11.6 Å². The molecule has 0 radical (unpaired) electrons. The lowest BCUT2D eigenvalue weighted by atomic mass is 10.2. The lowest BCUT2D eigenvalue weighted by Crippen LogP contribution is -2.14. The Morgan fingerprint density at radius 2 is 1.86 bits per heavy atom. The number of halogens is 1. The van der Waals surface area contributed by atoms with Crippen LogP contribution in [0.15, 0.2) is 29.6 Å². The molecule has 0 bridgehead atoms. The van der Waals surface area contributed by atoms with Crippen molar-refractivity contribution >= 4 is 52.0 Å². The van der Waals surface area contributed by atoms with Crippen molar-refractivity contribution in [3.8, 4) is 0 Å². The fourth-order valence-corrected chi connectivity index (χ4v) is 2.65. The maximum Gasteiger partial charge on any atom is 0.265 e. The number of carbonyl (C=O) groups excluding carboxylic acids is 3. The average Bonchev–Trinajstić information content (AvgIpc) is 2.91. The first-order valence-corrected chi connectivity index (χ1v) is 7.39. The van der Waals surface area contributed by atoms with Crippen molar-refractivity contribution in [3.05, 3.63) is 45.1 Å². The minimum atomic E-state index is -0.597. The molecule has 114 valence electrons. The minimum absolute atomic E-state index is 0.272. The number of amides is 3. The summed E-state index contributed by atoms with van der Waals surface area (Å²) in [7, 11) is 0. The van der Waals surface area contributed by atoms with E-state index in [1.54, 1.807) is 12.1 Å². The summed E-state index contributed by atoms with van der Waals surface area (Å²) in [6.45, 7) is 1.35. The molecule has 0 aliphatic carbocycles. The molecule has 0 aliphatic rings. The number of primary amides is 1. The van der Waals surface area contributed by atoms with Crippen molar-refractivity contribution in [3.63, 3.8) is 0 Å². The lowest BCUT2D eigenvalue weighted by molar-refractivity contribution is -0.114. The van der Waals surface area contributed by atoms with E-state index in [4.69, 9.17) is 17.3 Å². The van der Waals surface area contributed by atoms with Gasteiger partial charge in [0.05, 0.1) is 21.8 Å². The molecule has 0 fully saturated rings. The van der Waals surface area contributed by atoms with Crippen LogP contribution in [-0.4, -0.2) is 17.7 Å². The van der Waals surface area contributed by atoms with E-state index >= 15 is 0 Å². The van der Waals surface area contributed by atoms with Crippen LogP contribution in [0.3, 0.4) is 0 Å². The predicted octanol–water partition coefficient (Wildman–Crippen LogP) is 2.71. The Bertz CT molecular complexity index is 758. The van der Waals surface area contributed by atoms with Crippen LogP contribution in [0.5, 0.6) is 0 Å². The number of rotatable bonds is 4. The minimum Gasteiger partial charge on any atom is -0.366 e. The van der Waals surface area contributed by atoms with Gasteiger partial charge in [0, 0.05) is 17.3 Å². The molecule has 0 spiro atoms. The Kier molecular flexibility index (Phi) is 4.79. The Morgan fingerprint density at radius 3 is 2.45 bits per heavy atom. The Morgan fingerprint density at radius 1 is 1.14 bits per heavy atom. The molecule has 0 saturated carbocycles. The fraction of sp³-hybridized carbons (Fsp3) is 0.0714. The Labute approximate surface area is 135 Å². The number of benzene rings is 1. The van der Waals surface area contributed by atoms with Crippen LogP contribution in [0, 0.1) is 0 Å². The number of hydrogen-bond donors (Lipinski definition) is 3.